The minimum Gasteiger partial charge on any atom is -0.303 e. The van der Waals surface area contributed by atoms with Gasteiger partial charge in [0, 0.05) is 6.42 Å². The van der Waals surface area contributed by atoms with Crippen molar-refractivity contribution in [2.75, 3.05) is 0 Å². The molecular formula is C14H20O. The second-order valence-electron chi connectivity index (χ2n) is 4.42. The third kappa shape index (κ3) is 2.68. The summed E-state index contributed by atoms with van der Waals surface area (Å²) in [5.41, 5.74) is 5.46. The number of aldehydes is 1. The van der Waals surface area contributed by atoms with E-state index in [1.807, 2.05) is 0 Å². The van der Waals surface area contributed by atoms with Crippen LogP contribution >= 0.6 is 0 Å². The Kier molecular flexibility index (Phi) is 4.07. The fraction of sp³-hybridized carbons (Fsp3) is 0.500. The zero-order valence-corrected chi connectivity index (χ0v) is 10.1. The quantitative estimate of drug-likeness (QED) is 0.685. The standard InChI is InChI=1S/C14H20O/c1-10(2)14-8-7-13(6-5-9-15)11(3)12(14)4/h7-10H,5-6H2,1-4H3. The first-order valence-electron chi connectivity index (χ1n) is 5.60. The first-order valence-corrected chi connectivity index (χ1v) is 5.60. The van der Waals surface area contributed by atoms with E-state index >= 15 is 0 Å². The highest BCUT2D eigenvalue weighted by Gasteiger charge is 2.08. The van der Waals surface area contributed by atoms with Gasteiger partial charge in [-0.25, -0.2) is 0 Å². The summed E-state index contributed by atoms with van der Waals surface area (Å²) in [6, 6.07) is 4.37. The first-order chi connectivity index (χ1) is 7.07. The highest BCUT2D eigenvalue weighted by Crippen LogP contribution is 2.24. The minimum absolute atomic E-state index is 0.573. The highest BCUT2D eigenvalue weighted by atomic mass is 16.1. The van der Waals surface area contributed by atoms with Gasteiger partial charge in [-0.15, -0.1) is 0 Å². The Balaban J connectivity index is 3.04. The summed E-state index contributed by atoms with van der Waals surface area (Å²) in [6.07, 6.45) is 2.49. The van der Waals surface area contributed by atoms with Crippen LogP contribution < -0.4 is 0 Å². The van der Waals surface area contributed by atoms with Crippen LogP contribution in [0.4, 0.5) is 0 Å². The van der Waals surface area contributed by atoms with E-state index in [9.17, 15) is 4.79 Å². The van der Waals surface area contributed by atoms with Gasteiger partial charge in [0.2, 0.25) is 0 Å². The number of aryl methyl sites for hydroxylation is 1. The van der Waals surface area contributed by atoms with Gasteiger partial charge in [-0.05, 0) is 48.4 Å². The molecule has 1 rings (SSSR count). The predicted octanol–water partition coefficient (Wildman–Crippen LogP) is 3.56. The normalized spacial score (nSPS) is 10.7. The van der Waals surface area contributed by atoms with Crippen LogP contribution in [0.1, 0.15) is 48.4 Å². The minimum atomic E-state index is 0.573. The Bertz CT molecular complexity index is 351. The summed E-state index contributed by atoms with van der Waals surface area (Å²) in [5.74, 6) is 0.573. The molecular weight excluding hydrogens is 184 g/mol. The van der Waals surface area contributed by atoms with Crippen molar-refractivity contribution < 1.29 is 4.79 Å². The molecule has 0 aliphatic rings. The molecule has 1 aromatic carbocycles. The maximum atomic E-state index is 10.3. The Labute approximate surface area is 92.5 Å². The van der Waals surface area contributed by atoms with Crippen LogP contribution in [0.2, 0.25) is 0 Å². The molecule has 0 radical (unpaired) electrons. The van der Waals surface area contributed by atoms with Gasteiger partial charge >= 0.3 is 0 Å². The number of benzene rings is 1. The van der Waals surface area contributed by atoms with Crippen LogP contribution in [-0.4, -0.2) is 6.29 Å². The summed E-state index contributed by atoms with van der Waals surface area (Å²) < 4.78 is 0. The van der Waals surface area contributed by atoms with Gasteiger partial charge in [0.25, 0.3) is 0 Å². The lowest BCUT2D eigenvalue weighted by atomic mass is 9.90. The number of hydrogen-bond donors (Lipinski definition) is 0. The monoisotopic (exact) mass is 204 g/mol. The molecule has 0 aromatic heterocycles. The molecule has 1 nitrogen and oxygen atoms in total. The molecule has 1 aromatic rings. The fourth-order valence-electron chi connectivity index (χ4n) is 2.01. The van der Waals surface area contributed by atoms with Gasteiger partial charge in [-0.3, -0.25) is 0 Å². The molecule has 82 valence electrons. The third-order valence-corrected chi connectivity index (χ3v) is 3.09. The predicted molar refractivity (Wildman–Crippen MR) is 64.4 cm³/mol. The van der Waals surface area contributed by atoms with Gasteiger partial charge in [0.05, 0.1) is 0 Å². The molecule has 0 heterocycles. The highest BCUT2D eigenvalue weighted by molar-refractivity contribution is 5.51. The van der Waals surface area contributed by atoms with Crippen molar-refractivity contribution in [3.63, 3.8) is 0 Å². The maximum Gasteiger partial charge on any atom is 0.120 e. The van der Waals surface area contributed by atoms with E-state index in [-0.39, 0.29) is 0 Å². The van der Waals surface area contributed by atoms with Crippen molar-refractivity contribution in [2.24, 2.45) is 0 Å². The number of carbonyl (C=O) groups excluding carboxylic acids is 1. The van der Waals surface area contributed by atoms with Gasteiger partial charge in [-0.1, -0.05) is 26.0 Å². The topological polar surface area (TPSA) is 17.1 Å². The van der Waals surface area contributed by atoms with E-state index < -0.39 is 0 Å². The van der Waals surface area contributed by atoms with Crippen molar-refractivity contribution in [3.05, 3.63) is 34.4 Å². The lowest BCUT2D eigenvalue weighted by molar-refractivity contribution is -0.107. The molecule has 0 atom stereocenters. The van der Waals surface area contributed by atoms with Crippen molar-refractivity contribution >= 4 is 6.29 Å². The van der Waals surface area contributed by atoms with Crippen molar-refractivity contribution in [3.8, 4) is 0 Å². The summed E-state index contributed by atoms with van der Waals surface area (Å²) in [5, 5.41) is 0. The Morgan fingerprint density at radius 2 is 1.87 bits per heavy atom. The molecule has 0 aliphatic heterocycles. The van der Waals surface area contributed by atoms with E-state index in [0.717, 1.165) is 12.7 Å². The lowest BCUT2D eigenvalue weighted by Gasteiger charge is -2.15. The number of carbonyl (C=O) groups is 1. The summed E-state index contributed by atoms with van der Waals surface area (Å²) >= 11 is 0. The van der Waals surface area contributed by atoms with Crippen molar-refractivity contribution in [1.29, 1.82) is 0 Å². The van der Waals surface area contributed by atoms with E-state index in [0.29, 0.717) is 12.3 Å². The van der Waals surface area contributed by atoms with Gasteiger partial charge < -0.3 is 4.79 Å². The number of hydrogen-bond acceptors (Lipinski definition) is 1. The van der Waals surface area contributed by atoms with Gasteiger partial charge in [0.1, 0.15) is 6.29 Å². The molecule has 0 saturated carbocycles. The number of rotatable bonds is 4. The zero-order valence-electron chi connectivity index (χ0n) is 10.1. The van der Waals surface area contributed by atoms with Crippen LogP contribution in [-0.2, 0) is 11.2 Å². The first kappa shape index (κ1) is 12.0. The average Bonchev–Trinajstić information content (AvgIpc) is 2.20. The van der Waals surface area contributed by atoms with E-state index in [4.69, 9.17) is 0 Å². The second-order valence-corrected chi connectivity index (χ2v) is 4.42. The largest absolute Gasteiger partial charge is 0.303 e. The van der Waals surface area contributed by atoms with Gasteiger partial charge in [0.15, 0.2) is 0 Å². The van der Waals surface area contributed by atoms with E-state index in [1.165, 1.54) is 22.3 Å². The summed E-state index contributed by atoms with van der Waals surface area (Å²) in [7, 11) is 0. The van der Waals surface area contributed by atoms with E-state index in [2.05, 4.69) is 39.8 Å². The molecule has 0 unspecified atom stereocenters. The molecule has 0 aliphatic carbocycles. The van der Waals surface area contributed by atoms with Crippen LogP contribution in [0.5, 0.6) is 0 Å². The summed E-state index contributed by atoms with van der Waals surface area (Å²) in [4.78, 5) is 10.3. The third-order valence-electron chi connectivity index (χ3n) is 3.09. The molecule has 0 N–H and O–H groups in total. The van der Waals surface area contributed by atoms with Gasteiger partial charge in [-0.2, -0.15) is 0 Å². The average molecular weight is 204 g/mol. The zero-order chi connectivity index (χ0) is 11.4. The molecule has 0 spiro atoms. The Hall–Kier alpha value is -1.11. The molecule has 1 heteroatoms. The fourth-order valence-corrected chi connectivity index (χ4v) is 2.01. The summed E-state index contributed by atoms with van der Waals surface area (Å²) in [6.45, 7) is 8.76. The molecule has 0 fully saturated rings. The SMILES string of the molecule is Cc1c(CCC=O)ccc(C(C)C)c1C. The molecule has 0 amide bonds. The van der Waals surface area contributed by atoms with Crippen LogP contribution in [0.15, 0.2) is 12.1 Å². The van der Waals surface area contributed by atoms with Crippen LogP contribution in [0, 0.1) is 13.8 Å². The Morgan fingerprint density at radius 1 is 1.20 bits per heavy atom. The molecule has 0 saturated heterocycles. The second kappa shape index (κ2) is 5.11. The van der Waals surface area contributed by atoms with Crippen LogP contribution in [0.3, 0.4) is 0 Å². The lowest BCUT2D eigenvalue weighted by Crippen LogP contribution is -1.99. The van der Waals surface area contributed by atoms with Crippen molar-refractivity contribution in [2.45, 2.75) is 46.5 Å². The van der Waals surface area contributed by atoms with Crippen molar-refractivity contribution in [1.82, 2.24) is 0 Å². The Morgan fingerprint density at radius 3 is 2.40 bits per heavy atom. The molecule has 15 heavy (non-hydrogen) atoms. The smallest absolute Gasteiger partial charge is 0.120 e. The van der Waals surface area contributed by atoms with Crippen LogP contribution in [0.25, 0.3) is 0 Å². The maximum absolute atomic E-state index is 10.3. The molecule has 0 bridgehead atoms. The van der Waals surface area contributed by atoms with E-state index in [1.54, 1.807) is 0 Å².